The van der Waals surface area contributed by atoms with Crippen LogP contribution in [0.15, 0.2) is 29.5 Å². The first-order chi connectivity index (χ1) is 10.1. The molecule has 0 aliphatic rings. The van der Waals surface area contributed by atoms with Crippen molar-refractivity contribution in [3.63, 3.8) is 0 Å². The fraction of sp³-hybridized carbons (Fsp3) is 0.308. The van der Waals surface area contributed by atoms with Crippen molar-refractivity contribution in [3.8, 4) is 11.5 Å². The molecule has 3 rings (SSSR count). The molecule has 0 atom stereocenters. The quantitative estimate of drug-likeness (QED) is 0.755. The van der Waals surface area contributed by atoms with Crippen LogP contribution in [0.3, 0.4) is 0 Å². The van der Waals surface area contributed by atoms with Gasteiger partial charge >= 0.3 is 5.69 Å². The average molecular weight is 285 g/mol. The van der Waals surface area contributed by atoms with Crippen molar-refractivity contribution in [1.29, 1.82) is 0 Å². The molecular weight excluding hydrogens is 270 g/mol. The second kappa shape index (κ2) is 5.31. The molecule has 0 amide bonds. The summed E-state index contributed by atoms with van der Waals surface area (Å²) < 4.78 is 3.31. The minimum absolute atomic E-state index is 0.237. The van der Waals surface area contributed by atoms with Crippen LogP contribution in [0.25, 0.3) is 11.5 Å². The fourth-order valence-corrected chi connectivity index (χ4v) is 2.17. The lowest BCUT2D eigenvalue weighted by Gasteiger charge is -2.09. The van der Waals surface area contributed by atoms with E-state index < -0.39 is 0 Å². The Morgan fingerprint density at radius 3 is 2.86 bits per heavy atom. The second-order valence-corrected chi connectivity index (χ2v) is 4.78. The van der Waals surface area contributed by atoms with Gasteiger partial charge in [0.25, 0.3) is 0 Å². The highest BCUT2D eigenvalue weighted by Gasteiger charge is 2.07. The number of H-pyrrole nitrogens is 1. The molecule has 108 valence electrons. The summed E-state index contributed by atoms with van der Waals surface area (Å²) in [4.78, 5) is 22.9. The summed E-state index contributed by atoms with van der Waals surface area (Å²) in [6.07, 6.45) is 5.19. The fourth-order valence-electron chi connectivity index (χ4n) is 2.17. The maximum atomic E-state index is 11.9. The van der Waals surface area contributed by atoms with Crippen LogP contribution in [-0.2, 0) is 13.1 Å². The number of aryl methyl sites for hydroxylation is 3. The lowest BCUT2D eigenvalue weighted by atomic mass is 10.3. The zero-order valence-electron chi connectivity index (χ0n) is 11.8. The zero-order chi connectivity index (χ0) is 14.8. The average Bonchev–Trinajstić information content (AvgIpc) is 3.08. The minimum Gasteiger partial charge on any atom is -0.343 e. The summed E-state index contributed by atoms with van der Waals surface area (Å²) in [5, 5.41) is 8.08. The summed E-state index contributed by atoms with van der Waals surface area (Å²) in [6, 6.07) is 1.89. The van der Waals surface area contributed by atoms with E-state index in [0.717, 1.165) is 11.4 Å². The smallest absolute Gasteiger partial charge is 0.343 e. The molecule has 3 heterocycles. The summed E-state index contributed by atoms with van der Waals surface area (Å²) in [6.45, 7) is 4.75. The van der Waals surface area contributed by atoms with Gasteiger partial charge in [-0.1, -0.05) is 5.21 Å². The van der Waals surface area contributed by atoms with E-state index in [4.69, 9.17) is 0 Å². The predicted molar refractivity (Wildman–Crippen MR) is 75.6 cm³/mol. The monoisotopic (exact) mass is 285 g/mol. The van der Waals surface area contributed by atoms with Crippen LogP contribution in [-0.4, -0.2) is 34.5 Å². The lowest BCUT2D eigenvalue weighted by molar-refractivity contribution is 0.497. The highest BCUT2D eigenvalue weighted by Crippen LogP contribution is 2.09. The molecule has 0 fully saturated rings. The normalized spacial score (nSPS) is 11.0. The van der Waals surface area contributed by atoms with Gasteiger partial charge in [-0.15, -0.1) is 5.10 Å². The number of hydrogen-bond acceptors (Lipinski definition) is 5. The van der Waals surface area contributed by atoms with E-state index in [1.165, 1.54) is 0 Å². The number of aromatic nitrogens is 7. The largest absolute Gasteiger partial charge is 0.348 e. The van der Waals surface area contributed by atoms with Crippen LogP contribution in [0.4, 0.5) is 0 Å². The maximum Gasteiger partial charge on any atom is 0.348 e. The first-order valence-electron chi connectivity index (χ1n) is 6.58. The summed E-state index contributed by atoms with van der Waals surface area (Å²) in [5.41, 5.74) is 2.05. The van der Waals surface area contributed by atoms with E-state index >= 15 is 0 Å². The Balaban J connectivity index is 1.76. The van der Waals surface area contributed by atoms with E-state index in [2.05, 4.69) is 25.3 Å². The molecule has 21 heavy (non-hydrogen) atoms. The number of nitrogens with one attached hydrogen (secondary N) is 1. The number of imidazole rings is 1. The first kappa shape index (κ1) is 13.2. The molecule has 0 bridgehead atoms. The third-order valence-electron chi connectivity index (χ3n) is 3.18. The SMILES string of the molecule is Cc1cc(C)n(CCn2cc(-c3ncc[nH]3)nn2)c(=O)n1. The Morgan fingerprint density at radius 2 is 2.14 bits per heavy atom. The van der Waals surface area contributed by atoms with Crippen LogP contribution in [0.1, 0.15) is 11.4 Å². The Morgan fingerprint density at radius 1 is 1.29 bits per heavy atom. The highest BCUT2D eigenvalue weighted by atomic mass is 16.1. The topological polar surface area (TPSA) is 94.3 Å². The van der Waals surface area contributed by atoms with E-state index in [-0.39, 0.29) is 5.69 Å². The number of hydrogen-bond donors (Lipinski definition) is 1. The second-order valence-electron chi connectivity index (χ2n) is 4.78. The third-order valence-corrected chi connectivity index (χ3v) is 3.18. The van der Waals surface area contributed by atoms with Crippen molar-refractivity contribution < 1.29 is 0 Å². The number of rotatable bonds is 4. The third kappa shape index (κ3) is 2.73. The van der Waals surface area contributed by atoms with Crippen LogP contribution in [0, 0.1) is 13.8 Å². The van der Waals surface area contributed by atoms with Gasteiger partial charge in [-0.05, 0) is 19.9 Å². The van der Waals surface area contributed by atoms with E-state index in [1.54, 1.807) is 27.8 Å². The van der Waals surface area contributed by atoms with Crippen molar-refractivity contribution in [2.45, 2.75) is 26.9 Å². The first-order valence-corrected chi connectivity index (χ1v) is 6.58. The summed E-state index contributed by atoms with van der Waals surface area (Å²) in [5.74, 6) is 0.673. The summed E-state index contributed by atoms with van der Waals surface area (Å²) in [7, 11) is 0. The molecule has 0 aromatic carbocycles. The number of nitrogens with zero attached hydrogens (tertiary/aromatic N) is 6. The molecule has 0 aliphatic carbocycles. The molecule has 0 saturated heterocycles. The Hall–Kier alpha value is -2.77. The Labute approximate surface area is 120 Å². The van der Waals surface area contributed by atoms with E-state index in [0.29, 0.717) is 24.6 Å². The minimum atomic E-state index is -0.237. The van der Waals surface area contributed by atoms with Gasteiger partial charge < -0.3 is 4.98 Å². The van der Waals surface area contributed by atoms with Crippen LogP contribution >= 0.6 is 0 Å². The van der Waals surface area contributed by atoms with Crippen LogP contribution in [0.5, 0.6) is 0 Å². The van der Waals surface area contributed by atoms with Gasteiger partial charge in [0.1, 0.15) is 5.69 Å². The van der Waals surface area contributed by atoms with Crippen molar-refractivity contribution >= 4 is 0 Å². The molecule has 1 N–H and O–H groups in total. The van der Waals surface area contributed by atoms with Gasteiger partial charge in [-0.2, -0.15) is 4.98 Å². The van der Waals surface area contributed by atoms with Crippen LogP contribution in [0.2, 0.25) is 0 Å². The van der Waals surface area contributed by atoms with Gasteiger partial charge in [0, 0.05) is 30.3 Å². The highest BCUT2D eigenvalue weighted by molar-refractivity contribution is 5.45. The van der Waals surface area contributed by atoms with E-state index in [1.807, 2.05) is 19.9 Å². The van der Waals surface area contributed by atoms with Gasteiger partial charge in [0.15, 0.2) is 5.82 Å². The predicted octanol–water partition coefficient (Wildman–Crippen LogP) is 0.542. The molecule has 3 aromatic rings. The van der Waals surface area contributed by atoms with Gasteiger partial charge in [-0.25, -0.2) is 14.5 Å². The van der Waals surface area contributed by atoms with Crippen molar-refractivity contribution in [2.24, 2.45) is 0 Å². The summed E-state index contributed by atoms with van der Waals surface area (Å²) >= 11 is 0. The molecule has 0 spiro atoms. The molecule has 0 aliphatic heterocycles. The molecule has 3 aromatic heterocycles. The molecular formula is C13H15N7O. The number of aromatic amines is 1. The van der Waals surface area contributed by atoms with E-state index in [9.17, 15) is 4.79 Å². The van der Waals surface area contributed by atoms with Gasteiger partial charge in [-0.3, -0.25) is 4.57 Å². The molecule has 0 unspecified atom stereocenters. The Bertz CT molecular complexity index is 800. The van der Waals surface area contributed by atoms with Crippen LogP contribution < -0.4 is 5.69 Å². The Kier molecular flexibility index (Phi) is 3.35. The molecule has 0 saturated carbocycles. The van der Waals surface area contributed by atoms with Gasteiger partial charge in [0.2, 0.25) is 0 Å². The van der Waals surface area contributed by atoms with Crippen molar-refractivity contribution in [2.75, 3.05) is 0 Å². The maximum absolute atomic E-state index is 11.9. The van der Waals surface area contributed by atoms with Gasteiger partial charge in [0.05, 0.1) is 12.7 Å². The molecule has 0 radical (unpaired) electrons. The standard InChI is InChI=1S/C13H15N7O/c1-9-7-10(2)20(13(21)16-9)6-5-19-8-11(17-18-19)12-14-3-4-15-12/h3-4,7-8H,5-6H2,1-2H3,(H,14,15). The van der Waals surface area contributed by atoms with Crippen molar-refractivity contribution in [1.82, 2.24) is 34.5 Å². The lowest BCUT2D eigenvalue weighted by Crippen LogP contribution is -2.27. The molecule has 8 heteroatoms. The molecule has 8 nitrogen and oxygen atoms in total. The zero-order valence-corrected chi connectivity index (χ0v) is 11.8. The van der Waals surface area contributed by atoms with Crippen molar-refractivity contribution in [3.05, 3.63) is 46.5 Å².